The van der Waals surface area contributed by atoms with Crippen LogP contribution < -0.4 is 11.3 Å². The molecule has 0 saturated carbocycles. The third kappa shape index (κ3) is 2.93. The van der Waals surface area contributed by atoms with Gasteiger partial charge >= 0.3 is 0 Å². The minimum Gasteiger partial charge on any atom is -0.271 e. The van der Waals surface area contributed by atoms with Crippen LogP contribution in [0.1, 0.15) is 17.3 Å². The molecule has 5 heteroatoms. The van der Waals surface area contributed by atoms with Gasteiger partial charge in [0.15, 0.2) is 0 Å². The van der Waals surface area contributed by atoms with Gasteiger partial charge in [0.25, 0.3) is 0 Å². The summed E-state index contributed by atoms with van der Waals surface area (Å²) in [5.41, 5.74) is 4.72. The van der Waals surface area contributed by atoms with Crippen molar-refractivity contribution in [3.8, 4) is 0 Å². The maximum Gasteiger partial charge on any atom is 0.0892 e. The summed E-state index contributed by atoms with van der Waals surface area (Å²) >= 11 is 6.88. The Labute approximate surface area is 117 Å². The van der Waals surface area contributed by atoms with Crippen molar-refractivity contribution in [1.29, 1.82) is 0 Å². The van der Waals surface area contributed by atoms with Gasteiger partial charge in [0.2, 0.25) is 0 Å². The molecular formula is C12H11Br2N3. The largest absolute Gasteiger partial charge is 0.271 e. The van der Waals surface area contributed by atoms with Crippen molar-refractivity contribution in [2.24, 2.45) is 5.84 Å². The molecule has 0 aliphatic heterocycles. The zero-order valence-electron chi connectivity index (χ0n) is 8.90. The van der Waals surface area contributed by atoms with Crippen LogP contribution in [0.15, 0.2) is 51.5 Å². The van der Waals surface area contributed by atoms with Crippen molar-refractivity contribution in [2.45, 2.75) is 6.04 Å². The van der Waals surface area contributed by atoms with Crippen LogP contribution in [0.5, 0.6) is 0 Å². The normalized spacial score (nSPS) is 12.4. The van der Waals surface area contributed by atoms with E-state index in [-0.39, 0.29) is 6.04 Å². The average molecular weight is 357 g/mol. The lowest BCUT2D eigenvalue weighted by molar-refractivity contribution is 0.618. The zero-order chi connectivity index (χ0) is 12.3. The van der Waals surface area contributed by atoms with Gasteiger partial charge in [-0.15, -0.1) is 0 Å². The quantitative estimate of drug-likeness (QED) is 0.656. The summed E-state index contributed by atoms with van der Waals surface area (Å²) in [5, 5.41) is 0. The highest BCUT2D eigenvalue weighted by Crippen LogP contribution is 2.28. The van der Waals surface area contributed by atoms with Gasteiger partial charge in [-0.1, -0.05) is 30.3 Å². The van der Waals surface area contributed by atoms with Gasteiger partial charge in [-0.05, 0) is 43.5 Å². The van der Waals surface area contributed by atoms with Crippen molar-refractivity contribution in [2.75, 3.05) is 0 Å². The van der Waals surface area contributed by atoms with Crippen molar-refractivity contribution in [1.82, 2.24) is 10.4 Å². The Kier molecular flexibility index (Phi) is 4.28. The molecule has 0 fully saturated rings. The molecule has 1 atom stereocenters. The number of nitrogens with two attached hydrogens (primary N) is 1. The first-order valence-electron chi connectivity index (χ1n) is 5.04. The van der Waals surface area contributed by atoms with E-state index in [1.807, 2.05) is 36.4 Å². The maximum atomic E-state index is 5.62. The van der Waals surface area contributed by atoms with Crippen LogP contribution in [-0.4, -0.2) is 4.98 Å². The van der Waals surface area contributed by atoms with Gasteiger partial charge in [-0.3, -0.25) is 10.8 Å². The number of halogens is 2. The lowest BCUT2D eigenvalue weighted by Crippen LogP contribution is -2.29. The van der Waals surface area contributed by atoms with E-state index in [0.717, 1.165) is 20.2 Å². The SMILES string of the molecule is NNC(c1ccccc1)c1ncc(Br)cc1Br. The van der Waals surface area contributed by atoms with E-state index in [9.17, 15) is 0 Å². The molecule has 0 radical (unpaired) electrons. The fourth-order valence-electron chi connectivity index (χ4n) is 1.62. The second-order valence-corrected chi connectivity index (χ2v) is 5.30. The molecule has 2 aromatic rings. The summed E-state index contributed by atoms with van der Waals surface area (Å²) in [7, 11) is 0. The van der Waals surface area contributed by atoms with Crippen molar-refractivity contribution < 1.29 is 0 Å². The standard InChI is InChI=1S/C12H11Br2N3/c13-9-6-10(14)12(16-7-9)11(17-15)8-4-2-1-3-5-8/h1-7,11,17H,15H2. The molecule has 0 bridgehead atoms. The molecule has 1 aromatic carbocycles. The van der Waals surface area contributed by atoms with Crippen LogP contribution in [0.25, 0.3) is 0 Å². The topological polar surface area (TPSA) is 50.9 Å². The monoisotopic (exact) mass is 355 g/mol. The Bertz CT molecular complexity index is 502. The predicted octanol–water partition coefficient (Wildman–Crippen LogP) is 3.16. The number of rotatable bonds is 3. The third-order valence-electron chi connectivity index (χ3n) is 2.41. The average Bonchev–Trinajstić information content (AvgIpc) is 2.34. The van der Waals surface area contributed by atoms with E-state index in [0.29, 0.717) is 0 Å². The summed E-state index contributed by atoms with van der Waals surface area (Å²) in [5.74, 6) is 5.62. The summed E-state index contributed by atoms with van der Waals surface area (Å²) in [6, 6.07) is 11.8. The Hall–Kier alpha value is -0.750. The van der Waals surface area contributed by atoms with Crippen LogP contribution >= 0.6 is 31.9 Å². The molecule has 0 saturated heterocycles. The summed E-state index contributed by atoms with van der Waals surface area (Å²) < 4.78 is 1.84. The molecule has 0 aliphatic carbocycles. The number of aromatic nitrogens is 1. The van der Waals surface area contributed by atoms with Gasteiger partial charge < -0.3 is 0 Å². The number of hydrogen-bond acceptors (Lipinski definition) is 3. The fraction of sp³-hybridized carbons (Fsp3) is 0.0833. The Morgan fingerprint density at radius 3 is 2.47 bits per heavy atom. The molecule has 0 spiro atoms. The molecule has 3 nitrogen and oxygen atoms in total. The Morgan fingerprint density at radius 2 is 1.88 bits per heavy atom. The number of nitrogens with zero attached hydrogens (tertiary/aromatic N) is 1. The van der Waals surface area contributed by atoms with Gasteiger partial charge in [-0.25, -0.2) is 5.43 Å². The molecule has 88 valence electrons. The minimum atomic E-state index is -0.126. The maximum absolute atomic E-state index is 5.62. The molecule has 17 heavy (non-hydrogen) atoms. The van der Waals surface area contributed by atoms with Gasteiger partial charge in [-0.2, -0.15) is 0 Å². The molecule has 1 unspecified atom stereocenters. The molecule has 1 heterocycles. The van der Waals surface area contributed by atoms with Gasteiger partial charge in [0.1, 0.15) is 0 Å². The molecule has 0 amide bonds. The molecule has 0 aliphatic rings. The lowest BCUT2D eigenvalue weighted by Gasteiger charge is -2.17. The van der Waals surface area contributed by atoms with Crippen LogP contribution in [-0.2, 0) is 0 Å². The fourth-order valence-corrected chi connectivity index (χ4v) is 2.83. The third-order valence-corrected chi connectivity index (χ3v) is 3.48. The number of nitrogens with one attached hydrogen (secondary N) is 1. The first kappa shape index (κ1) is 12.7. The van der Waals surface area contributed by atoms with E-state index < -0.39 is 0 Å². The minimum absolute atomic E-state index is 0.126. The van der Waals surface area contributed by atoms with E-state index in [1.54, 1.807) is 6.20 Å². The number of pyridine rings is 1. The highest BCUT2D eigenvalue weighted by Gasteiger charge is 2.16. The van der Waals surface area contributed by atoms with E-state index in [2.05, 4.69) is 42.3 Å². The summed E-state index contributed by atoms with van der Waals surface area (Å²) in [4.78, 5) is 4.39. The highest BCUT2D eigenvalue weighted by atomic mass is 79.9. The lowest BCUT2D eigenvalue weighted by atomic mass is 10.0. The predicted molar refractivity (Wildman–Crippen MR) is 75.2 cm³/mol. The first-order chi connectivity index (χ1) is 8.22. The van der Waals surface area contributed by atoms with Crippen LogP contribution in [0.3, 0.4) is 0 Å². The van der Waals surface area contributed by atoms with Gasteiger partial charge in [0.05, 0.1) is 11.7 Å². The summed E-state index contributed by atoms with van der Waals surface area (Å²) in [6.07, 6.45) is 1.76. The molecule has 1 aromatic heterocycles. The van der Waals surface area contributed by atoms with Crippen molar-refractivity contribution >= 4 is 31.9 Å². The van der Waals surface area contributed by atoms with Crippen LogP contribution in [0.4, 0.5) is 0 Å². The highest BCUT2D eigenvalue weighted by molar-refractivity contribution is 9.11. The van der Waals surface area contributed by atoms with E-state index >= 15 is 0 Å². The first-order valence-corrected chi connectivity index (χ1v) is 6.63. The van der Waals surface area contributed by atoms with Crippen LogP contribution in [0, 0.1) is 0 Å². The van der Waals surface area contributed by atoms with Crippen molar-refractivity contribution in [3.63, 3.8) is 0 Å². The Morgan fingerprint density at radius 1 is 1.18 bits per heavy atom. The number of benzene rings is 1. The molecular weight excluding hydrogens is 346 g/mol. The Balaban J connectivity index is 2.42. The molecule has 2 rings (SSSR count). The van der Waals surface area contributed by atoms with Crippen LogP contribution in [0.2, 0.25) is 0 Å². The second kappa shape index (κ2) is 5.73. The smallest absolute Gasteiger partial charge is 0.0892 e. The summed E-state index contributed by atoms with van der Waals surface area (Å²) in [6.45, 7) is 0. The zero-order valence-corrected chi connectivity index (χ0v) is 12.1. The molecule has 3 N–H and O–H groups in total. The van der Waals surface area contributed by atoms with E-state index in [1.165, 1.54) is 0 Å². The number of hydrazine groups is 1. The van der Waals surface area contributed by atoms with Crippen molar-refractivity contribution in [3.05, 3.63) is 62.8 Å². The number of hydrogen-bond donors (Lipinski definition) is 2. The van der Waals surface area contributed by atoms with Gasteiger partial charge in [0, 0.05) is 15.1 Å². The van der Waals surface area contributed by atoms with E-state index in [4.69, 9.17) is 5.84 Å². The second-order valence-electron chi connectivity index (χ2n) is 3.53.